The van der Waals surface area contributed by atoms with Gasteiger partial charge in [-0.05, 0) is 25.0 Å². The maximum Gasteiger partial charge on any atom is 0.262 e. The number of benzene rings is 1. The van der Waals surface area contributed by atoms with E-state index in [-0.39, 0.29) is 16.6 Å². The van der Waals surface area contributed by atoms with Gasteiger partial charge in [0.1, 0.15) is 5.78 Å². The summed E-state index contributed by atoms with van der Waals surface area (Å²) >= 11 is 1.42. The zero-order valence-electron chi connectivity index (χ0n) is 12.3. The summed E-state index contributed by atoms with van der Waals surface area (Å²) in [5, 5.41) is 1.13. The smallest absolute Gasteiger partial charge is 0.262 e. The van der Waals surface area contributed by atoms with Crippen molar-refractivity contribution in [1.82, 2.24) is 9.55 Å². The van der Waals surface area contributed by atoms with Crippen LogP contribution in [0.2, 0.25) is 0 Å². The predicted molar refractivity (Wildman–Crippen MR) is 89.3 cm³/mol. The Hall–Kier alpha value is -1.88. The van der Waals surface area contributed by atoms with Crippen molar-refractivity contribution < 1.29 is 4.79 Å². The molecule has 1 aromatic heterocycles. The minimum absolute atomic E-state index is 0.0729. The number of aromatic nitrogens is 2. The van der Waals surface area contributed by atoms with E-state index in [0.29, 0.717) is 29.0 Å². The van der Waals surface area contributed by atoms with E-state index in [1.807, 2.05) is 18.2 Å². The first-order chi connectivity index (χ1) is 10.7. The molecule has 4 nitrogen and oxygen atoms in total. The van der Waals surface area contributed by atoms with Gasteiger partial charge in [0, 0.05) is 13.0 Å². The van der Waals surface area contributed by atoms with Gasteiger partial charge in [0.15, 0.2) is 5.16 Å². The molecular formula is C17H18N2O2S. The van der Waals surface area contributed by atoms with Crippen LogP contribution in [0.4, 0.5) is 0 Å². The fraction of sp³-hybridized carbons (Fsp3) is 0.353. The van der Waals surface area contributed by atoms with E-state index < -0.39 is 0 Å². The molecule has 0 aliphatic heterocycles. The van der Waals surface area contributed by atoms with Crippen LogP contribution in [0.15, 0.2) is 46.9 Å². The summed E-state index contributed by atoms with van der Waals surface area (Å²) < 4.78 is 1.61. The highest BCUT2D eigenvalue weighted by atomic mass is 32.2. The Morgan fingerprint density at radius 1 is 1.32 bits per heavy atom. The van der Waals surface area contributed by atoms with Gasteiger partial charge in [-0.25, -0.2) is 4.98 Å². The van der Waals surface area contributed by atoms with Gasteiger partial charge in [-0.1, -0.05) is 36.4 Å². The third kappa shape index (κ3) is 2.86. The number of carbonyl (C=O) groups is 1. The molecule has 1 heterocycles. The van der Waals surface area contributed by atoms with E-state index >= 15 is 0 Å². The van der Waals surface area contributed by atoms with E-state index in [9.17, 15) is 9.59 Å². The Morgan fingerprint density at radius 2 is 2.14 bits per heavy atom. The lowest BCUT2D eigenvalue weighted by molar-refractivity contribution is -0.119. The fourth-order valence-corrected chi connectivity index (χ4v) is 3.95. The number of rotatable bonds is 4. The zero-order valence-corrected chi connectivity index (χ0v) is 13.1. The highest BCUT2D eigenvalue weighted by molar-refractivity contribution is 8.00. The van der Waals surface area contributed by atoms with Crippen molar-refractivity contribution >= 4 is 28.4 Å². The topological polar surface area (TPSA) is 52.0 Å². The van der Waals surface area contributed by atoms with E-state index in [0.717, 1.165) is 19.3 Å². The summed E-state index contributed by atoms with van der Waals surface area (Å²) in [4.78, 5) is 29.3. The summed E-state index contributed by atoms with van der Waals surface area (Å²) in [6.07, 6.45) is 5.21. The fourth-order valence-electron chi connectivity index (χ4n) is 2.73. The van der Waals surface area contributed by atoms with Crippen molar-refractivity contribution in [2.24, 2.45) is 0 Å². The van der Waals surface area contributed by atoms with Crippen LogP contribution in [0, 0.1) is 0 Å². The Morgan fingerprint density at radius 3 is 2.91 bits per heavy atom. The molecule has 5 heteroatoms. The quantitative estimate of drug-likeness (QED) is 0.642. The highest BCUT2D eigenvalue weighted by Gasteiger charge is 2.25. The van der Waals surface area contributed by atoms with Gasteiger partial charge in [-0.3, -0.25) is 14.2 Å². The molecule has 0 bridgehead atoms. The van der Waals surface area contributed by atoms with Crippen molar-refractivity contribution in [3.63, 3.8) is 0 Å². The van der Waals surface area contributed by atoms with Crippen LogP contribution in [0.25, 0.3) is 10.9 Å². The maximum absolute atomic E-state index is 12.6. The number of ketones is 1. The molecule has 1 aliphatic carbocycles. The van der Waals surface area contributed by atoms with E-state index in [4.69, 9.17) is 0 Å². The summed E-state index contributed by atoms with van der Waals surface area (Å²) in [5.74, 6) is 0.267. The summed E-state index contributed by atoms with van der Waals surface area (Å²) in [7, 11) is 0. The third-order valence-electron chi connectivity index (χ3n) is 3.88. The number of fused-ring (bicyclic) bond motifs is 1. The average Bonchev–Trinajstić information content (AvgIpc) is 2.53. The van der Waals surface area contributed by atoms with Gasteiger partial charge in [0.05, 0.1) is 16.2 Å². The molecule has 1 saturated carbocycles. The van der Waals surface area contributed by atoms with Crippen LogP contribution < -0.4 is 5.56 Å². The van der Waals surface area contributed by atoms with Gasteiger partial charge in [0.2, 0.25) is 0 Å². The molecule has 2 aromatic rings. The number of hydrogen-bond donors (Lipinski definition) is 0. The number of nitrogens with zero attached hydrogens (tertiary/aromatic N) is 2. The molecule has 1 aliphatic rings. The molecule has 0 N–H and O–H groups in total. The predicted octanol–water partition coefficient (Wildman–Crippen LogP) is 3.19. The maximum atomic E-state index is 12.6. The highest BCUT2D eigenvalue weighted by Crippen LogP contribution is 2.30. The second-order valence-electron chi connectivity index (χ2n) is 5.43. The minimum Gasteiger partial charge on any atom is -0.298 e. The molecule has 0 spiro atoms. The van der Waals surface area contributed by atoms with Gasteiger partial charge >= 0.3 is 0 Å². The molecule has 3 rings (SSSR count). The number of allylic oxidation sites excluding steroid dienone is 1. The first-order valence-corrected chi connectivity index (χ1v) is 8.38. The number of Topliss-reactive ketones (excluding diaryl/α,β-unsaturated/α-hetero) is 1. The molecular weight excluding hydrogens is 296 g/mol. The van der Waals surface area contributed by atoms with Gasteiger partial charge in [0.25, 0.3) is 5.56 Å². The van der Waals surface area contributed by atoms with Crippen LogP contribution in [0.3, 0.4) is 0 Å². The molecule has 0 radical (unpaired) electrons. The van der Waals surface area contributed by atoms with Crippen LogP contribution >= 0.6 is 11.8 Å². The average molecular weight is 314 g/mol. The Labute approximate surface area is 133 Å². The van der Waals surface area contributed by atoms with Gasteiger partial charge in [-0.2, -0.15) is 0 Å². The Balaban J connectivity index is 2.06. The van der Waals surface area contributed by atoms with E-state index in [1.165, 1.54) is 11.8 Å². The summed E-state index contributed by atoms with van der Waals surface area (Å²) in [6.45, 7) is 4.12. The van der Waals surface area contributed by atoms with E-state index in [1.54, 1.807) is 16.7 Å². The monoisotopic (exact) mass is 314 g/mol. The Kier molecular flexibility index (Phi) is 4.43. The molecule has 1 atom stereocenters. The second-order valence-corrected chi connectivity index (χ2v) is 6.60. The molecule has 0 saturated heterocycles. The standard InChI is InChI=1S/C17H18N2O2S/c1-2-11-19-16(21)12-7-3-4-8-13(12)18-17(19)22-15-10-6-5-9-14(15)20/h2-4,7-8,15H,1,5-6,9-11H2. The molecule has 1 unspecified atom stereocenters. The molecule has 22 heavy (non-hydrogen) atoms. The molecule has 1 fully saturated rings. The van der Waals surface area contributed by atoms with Crippen molar-refractivity contribution in [1.29, 1.82) is 0 Å². The van der Waals surface area contributed by atoms with Crippen LogP contribution in [-0.2, 0) is 11.3 Å². The van der Waals surface area contributed by atoms with Crippen molar-refractivity contribution in [3.8, 4) is 0 Å². The van der Waals surface area contributed by atoms with Crippen LogP contribution in [0.1, 0.15) is 25.7 Å². The third-order valence-corrected chi connectivity index (χ3v) is 5.19. The van der Waals surface area contributed by atoms with Crippen LogP contribution in [-0.4, -0.2) is 20.6 Å². The normalized spacial score (nSPS) is 18.5. The lowest BCUT2D eigenvalue weighted by Gasteiger charge is -2.21. The largest absolute Gasteiger partial charge is 0.298 e. The van der Waals surface area contributed by atoms with Crippen LogP contribution in [0.5, 0.6) is 0 Å². The van der Waals surface area contributed by atoms with Crippen molar-refractivity contribution in [2.75, 3.05) is 0 Å². The first kappa shape index (κ1) is 15.0. The second kappa shape index (κ2) is 6.48. The Bertz CT molecular complexity index is 782. The summed E-state index contributed by atoms with van der Waals surface area (Å²) in [6, 6.07) is 7.32. The van der Waals surface area contributed by atoms with Crippen molar-refractivity contribution in [3.05, 3.63) is 47.3 Å². The van der Waals surface area contributed by atoms with Gasteiger partial charge in [-0.15, -0.1) is 6.58 Å². The first-order valence-electron chi connectivity index (χ1n) is 7.50. The zero-order chi connectivity index (χ0) is 15.5. The molecule has 1 aromatic carbocycles. The number of hydrogen-bond acceptors (Lipinski definition) is 4. The lowest BCUT2D eigenvalue weighted by atomic mass is 9.99. The lowest BCUT2D eigenvalue weighted by Crippen LogP contribution is -2.26. The number of thioether (sulfide) groups is 1. The van der Waals surface area contributed by atoms with E-state index in [2.05, 4.69) is 11.6 Å². The van der Waals surface area contributed by atoms with Crippen molar-refractivity contribution in [2.45, 2.75) is 42.6 Å². The molecule has 0 amide bonds. The summed E-state index contributed by atoms with van der Waals surface area (Å²) in [5.41, 5.74) is 0.606. The number of para-hydroxylation sites is 1. The molecule has 114 valence electrons. The number of carbonyl (C=O) groups excluding carboxylic acids is 1. The van der Waals surface area contributed by atoms with Gasteiger partial charge < -0.3 is 0 Å². The SMILES string of the molecule is C=CCn1c(SC2CCCCC2=O)nc2ccccc2c1=O. The minimum atomic E-state index is -0.0853.